The number of hydrogen-bond donors (Lipinski definition) is 1. The molecule has 2 aromatic rings. The smallest absolute Gasteiger partial charge is 0.350 e. The van der Waals surface area contributed by atoms with Crippen LogP contribution in [0.15, 0.2) is 59.5 Å². The predicted octanol–water partition coefficient (Wildman–Crippen LogP) is 5.11. The molecular formula is C20H23F3N2OS. The maximum absolute atomic E-state index is 12.4. The minimum atomic E-state index is -4.34. The Kier molecular flexibility index (Phi) is 7.74. The first kappa shape index (κ1) is 21.3. The number of alkyl halides is 3. The highest BCUT2D eigenvalue weighted by atomic mass is 32.2. The van der Waals surface area contributed by atoms with E-state index in [0.29, 0.717) is 12.1 Å². The van der Waals surface area contributed by atoms with Gasteiger partial charge in [-0.05, 0) is 54.7 Å². The lowest BCUT2D eigenvalue weighted by Crippen LogP contribution is -2.38. The highest BCUT2D eigenvalue weighted by Gasteiger charge is 2.29. The number of amides is 1. The van der Waals surface area contributed by atoms with Crippen molar-refractivity contribution in [3.63, 3.8) is 0 Å². The normalized spacial score (nSPS) is 12.8. The number of hydrogen-bond acceptors (Lipinski definition) is 3. The Morgan fingerprint density at radius 3 is 2.15 bits per heavy atom. The fraction of sp³-hybridized carbons (Fsp3) is 0.350. The van der Waals surface area contributed by atoms with E-state index in [-0.39, 0.29) is 28.6 Å². The molecule has 7 heteroatoms. The summed E-state index contributed by atoms with van der Waals surface area (Å²) >= 11 is -0.192. The molecule has 1 atom stereocenters. The third-order valence-electron chi connectivity index (χ3n) is 4.24. The minimum absolute atomic E-state index is 0.0326. The van der Waals surface area contributed by atoms with E-state index in [1.54, 1.807) is 0 Å². The number of rotatable bonds is 8. The van der Waals surface area contributed by atoms with Crippen molar-refractivity contribution in [1.29, 1.82) is 0 Å². The topological polar surface area (TPSA) is 32.3 Å². The van der Waals surface area contributed by atoms with E-state index < -0.39 is 5.51 Å². The Hall–Kier alpha value is -1.99. The molecule has 0 saturated carbocycles. The number of likely N-dealkylation sites (N-methyl/N-ethyl adjacent to an activating group) is 1. The van der Waals surface area contributed by atoms with Crippen molar-refractivity contribution >= 4 is 17.7 Å². The zero-order valence-corrected chi connectivity index (χ0v) is 16.1. The lowest BCUT2D eigenvalue weighted by molar-refractivity contribution is -0.0328. The van der Waals surface area contributed by atoms with Gasteiger partial charge in [0, 0.05) is 17.0 Å². The number of benzene rings is 2. The van der Waals surface area contributed by atoms with Gasteiger partial charge in [0.2, 0.25) is 0 Å². The second-order valence-corrected chi connectivity index (χ2v) is 7.07. The van der Waals surface area contributed by atoms with Crippen molar-refractivity contribution in [2.45, 2.75) is 30.3 Å². The molecule has 0 radical (unpaired) electrons. The second-order valence-electron chi connectivity index (χ2n) is 5.93. The molecule has 0 fully saturated rings. The summed E-state index contributed by atoms with van der Waals surface area (Å²) in [5.74, 6) is -0.299. The molecule has 0 heterocycles. The highest BCUT2D eigenvalue weighted by molar-refractivity contribution is 8.00. The summed E-state index contributed by atoms with van der Waals surface area (Å²) in [4.78, 5) is 14.7. The Morgan fingerprint density at radius 2 is 1.63 bits per heavy atom. The van der Waals surface area contributed by atoms with Gasteiger partial charge < -0.3 is 5.32 Å². The van der Waals surface area contributed by atoms with Crippen LogP contribution in [-0.2, 0) is 0 Å². The van der Waals surface area contributed by atoms with Crippen LogP contribution in [0.2, 0.25) is 0 Å². The fourth-order valence-electron chi connectivity index (χ4n) is 2.90. The maximum Gasteiger partial charge on any atom is 0.446 e. The molecule has 0 aliphatic rings. The first-order chi connectivity index (χ1) is 12.8. The number of carbonyl (C=O) groups excluding carboxylic acids is 1. The second kappa shape index (κ2) is 9.80. The maximum atomic E-state index is 12.4. The summed E-state index contributed by atoms with van der Waals surface area (Å²) in [7, 11) is 0. The molecule has 2 rings (SSSR count). The lowest BCUT2D eigenvalue weighted by Gasteiger charge is -2.30. The number of nitrogens with zero attached hydrogens (tertiary/aromatic N) is 1. The average molecular weight is 396 g/mol. The summed E-state index contributed by atoms with van der Waals surface area (Å²) in [6.07, 6.45) is 0. The molecule has 0 aromatic heterocycles. The van der Waals surface area contributed by atoms with Gasteiger partial charge in [0.25, 0.3) is 5.91 Å². The molecular weight excluding hydrogens is 373 g/mol. The van der Waals surface area contributed by atoms with Crippen LogP contribution in [0.1, 0.15) is 35.8 Å². The van der Waals surface area contributed by atoms with Crippen LogP contribution in [0.25, 0.3) is 0 Å². The molecule has 1 amide bonds. The highest BCUT2D eigenvalue weighted by Crippen LogP contribution is 2.36. The zero-order chi connectivity index (χ0) is 19.9. The van der Waals surface area contributed by atoms with E-state index in [9.17, 15) is 18.0 Å². The van der Waals surface area contributed by atoms with Crippen LogP contribution >= 0.6 is 11.8 Å². The van der Waals surface area contributed by atoms with Crippen LogP contribution in [0.4, 0.5) is 13.2 Å². The summed E-state index contributed by atoms with van der Waals surface area (Å²) in [5.41, 5.74) is -2.89. The monoisotopic (exact) mass is 396 g/mol. The number of nitrogens with one attached hydrogen (secondary N) is 1. The van der Waals surface area contributed by atoms with Gasteiger partial charge in [-0.1, -0.05) is 44.2 Å². The fourth-order valence-corrected chi connectivity index (χ4v) is 3.44. The van der Waals surface area contributed by atoms with Crippen LogP contribution in [-0.4, -0.2) is 35.9 Å². The third kappa shape index (κ3) is 6.59. The molecule has 0 saturated heterocycles. The molecule has 1 N–H and O–H groups in total. The van der Waals surface area contributed by atoms with Crippen molar-refractivity contribution in [3.8, 4) is 0 Å². The van der Waals surface area contributed by atoms with Gasteiger partial charge in [-0.15, -0.1) is 0 Å². The van der Waals surface area contributed by atoms with Gasteiger partial charge in [-0.3, -0.25) is 9.69 Å². The van der Waals surface area contributed by atoms with Gasteiger partial charge >= 0.3 is 5.51 Å². The molecule has 27 heavy (non-hydrogen) atoms. The van der Waals surface area contributed by atoms with Crippen LogP contribution in [0.5, 0.6) is 0 Å². The van der Waals surface area contributed by atoms with Crippen molar-refractivity contribution in [2.24, 2.45) is 0 Å². The number of carbonyl (C=O) groups is 1. The van der Waals surface area contributed by atoms with E-state index in [1.165, 1.54) is 24.3 Å². The number of halogens is 3. The van der Waals surface area contributed by atoms with E-state index >= 15 is 0 Å². The average Bonchev–Trinajstić information content (AvgIpc) is 2.65. The molecule has 3 nitrogen and oxygen atoms in total. The molecule has 2 aromatic carbocycles. The van der Waals surface area contributed by atoms with E-state index in [2.05, 4.69) is 24.1 Å². The zero-order valence-electron chi connectivity index (χ0n) is 15.3. The van der Waals surface area contributed by atoms with Gasteiger partial charge in [0.1, 0.15) is 0 Å². The Morgan fingerprint density at radius 1 is 1.04 bits per heavy atom. The lowest BCUT2D eigenvalue weighted by atomic mass is 10.0. The molecule has 146 valence electrons. The molecule has 0 aliphatic heterocycles. The van der Waals surface area contributed by atoms with Crippen molar-refractivity contribution in [2.75, 3.05) is 19.6 Å². The number of thioether (sulfide) groups is 1. The predicted molar refractivity (Wildman–Crippen MR) is 103 cm³/mol. The standard InChI is InChI=1S/C20H23F3N2OS/c1-3-25(4-2)18(15-8-6-5-7-9-15)14-24-19(26)16-10-12-17(13-11-16)27-20(21,22)23/h5-13,18H,3-4,14H2,1-2H3,(H,24,26). The summed E-state index contributed by atoms with van der Waals surface area (Å²) in [5, 5.41) is 2.90. The van der Waals surface area contributed by atoms with E-state index in [4.69, 9.17) is 0 Å². The minimum Gasteiger partial charge on any atom is -0.350 e. The van der Waals surface area contributed by atoms with Crippen LogP contribution in [0, 0.1) is 0 Å². The van der Waals surface area contributed by atoms with Crippen LogP contribution < -0.4 is 5.32 Å². The largest absolute Gasteiger partial charge is 0.446 e. The SMILES string of the molecule is CCN(CC)C(CNC(=O)c1ccc(SC(F)(F)F)cc1)c1ccccc1. The van der Waals surface area contributed by atoms with E-state index in [1.807, 2.05) is 30.3 Å². The summed E-state index contributed by atoms with van der Waals surface area (Å²) in [6, 6.07) is 15.4. The third-order valence-corrected chi connectivity index (χ3v) is 4.98. The van der Waals surface area contributed by atoms with Crippen LogP contribution in [0.3, 0.4) is 0 Å². The quantitative estimate of drug-likeness (QED) is 0.629. The van der Waals surface area contributed by atoms with Crippen molar-refractivity contribution in [3.05, 3.63) is 65.7 Å². The molecule has 0 bridgehead atoms. The summed E-state index contributed by atoms with van der Waals surface area (Å²) in [6.45, 7) is 6.24. The molecule has 1 unspecified atom stereocenters. The van der Waals surface area contributed by atoms with Crippen molar-refractivity contribution < 1.29 is 18.0 Å². The van der Waals surface area contributed by atoms with Crippen molar-refractivity contribution in [1.82, 2.24) is 10.2 Å². The van der Waals surface area contributed by atoms with Gasteiger partial charge in [-0.2, -0.15) is 13.2 Å². The van der Waals surface area contributed by atoms with Gasteiger partial charge in [0.05, 0.1) is 6.04 Å². The Bertz CT molecular complexity index is 716. The Balaban J connectivity index is 2.05. The van der Waals surface area contributed by atoms with Gasteiger partial charge in [-0.25, -0.2) is 0 Å². The van der Waals surface area contributed by atoms with E-state index in [0.717, 1.165) is 18.7 Å². The van der Waals surface area contributed by atoms with Gasteiger partial charge in [0.15, 0.2) is 0 Å². The summed E-state index contributed by atoms with van der Waals surface area (Å²) < 4.78 is 37.2. The molecule has 0 spiro atoms. The molecule has 0 aliphatic carbocycles. The first-order valence-electron chi connectivity index (χ1n) is 8.77. The first-order valence-corrected chi connectivity index (χ1v) is 9.58. The Labute approximate surface area is 161 Å².